The van der Waals surface area contributed by atoms with Crippen molar-refractivity contribution in [1.29, 1.82) is 0 Å². The van der Waals surface area contributed by atoms with Gasteiger partial charge in [0.15, 0.2) is 0 Å². The van der Waals surface area contributed by atoms with Gasteiger partial charge in [0.2, 0.25) is 11.8 Å². The highest BCUT2D eigenvalue weighted by atomic mass is 16.5. The molecule has 126 valence electrons. The van der Waals surface area contributed by atoms with E-state index in [2.05, 4.69) is 10.2 Å². The van der Waals surface area contributed by atoms with E-state index in [1.807, 2.05) is 0 Å². The minimum absolute atomic E-state index is 0.0133. The largest absolute Gasteiger partial charge is 0.383 e. The van der Waals surface area contributed by atoms with Crippen molar-refractivity contribution in [2.75, 3.05) is 33.4 Å². The smallest absolute Gasteiger partial charge is 0.243 e. The number of methoxy groups -OCH3 is 1. The van der Waals surface area contributed by atoms with Crippen LogP contribution in [0, 0.1) is 5.92 Å². The average molecular weight is 311 g/mol. The third-order valence-electron chi connectivity index (χ3n) is 5.05. The normalized spacial score (nSPS) is 25.6. The van der Waals surface area contributed by atoms with Gasteiger partial charge in [0.1, 0.15) is 5.54 Å². The zero-order valence-electron chi connectivity index (χ0n) is 13.6. The lowest BCUT2D eigenvalue weighted by Crippen LogP contribution is -2.58. The molecule has 1 atom stereocenters. The van der Waals surface area contributed by atoms with E-state index in [0.717, 1.165) is 51.7 Å². The van der Waals surface area contributed by atoms with Gasteiger partial charge in [-0.1, -0.05) is 25.7 Å². The predicted molar refractivity (Wildman–Crippen MR) is 84.2 cm³/mol. The minimum Gasteiger partial charge on any atom is -0.383 e. The van der Waals surface area contributed by atoms with Crippen LogP contribution in [0.5, 0.6) is 0 Å². The Morgan fingerprint density at radius 3 is 2.55 bits per heavy atom. The van der Waals surface area contributed by atoms with Gasteiger partial charge in [0.05, 0.1) is 12.5 Å². The van der Waals surface area contributed by atoms with E-state index in [4.69, 9.17) is 10.5 Å². The van der Waals surface area contributed by atoms with Crippen LogP contribution in [-0.2, 0) is 14.3 Å². The van der Waals surface area contributed by atoms with Gasteiger partial charge in [0.25, 0.3) is 0 Å². The molecule has 1 aliphatic carbocycles. The van der Waals surface area contributed by atoms with E-state index >= 15 is 0 Å². The molecule has 1 heterocycles. The number of amides is 2. The number of ether oxygens (including phenoxy) is 1. The molecule has 2 aliphatic rings. The van der Waals surface area contributed by atoms with Crippen molar-refractivity contribution in [2.45, 2.75) is 50.5 Å². The topological polar surface area (TPSA) is 84.7 Å². The van der Waals surface area contributed by atoms with Crippen molar-refractivity contribution >= 4 is 11.8 Å². The van der Waals surface area contributed by atoms with Crippen LogP contribution in [0.25, 0.3) is 0 Å². The summed E-state index contributed by atoms with van der Waals surface area (Å²) in [6.45, 7) is 3.18. The van der Waals surface area contributed by atoms with E-state index < -0.39 is 5.54 Å². The van der Waals surface area contributed by atoms with E-state index in [9.17, 15) is 9.59 Å². The van der Waals surface area contributed by atoms with Gasteiger partial charge >= 0.3 is 0 Å². The number of nitrogens with two attached hydrogens (primary N) is 1. The summed E-state index contributed by atoms with van der Waals surface area (Å²) in [6.07, 6.45) is 6.31. The van der Waals surface area contributed by atoms with Crippen LogP contribution >= 0.6 is 0 Å². The lowest BCUT2D eigenvalue weighted by Gasteiger charge is -2.31. The molecule has 6 heteroatoms. The molecule has 3 N–H and O–H groups in total. The van der Waals surface area contributed by atoms with Gasteiger partial charge in [-0.2, -0.15) is 0 Å². The number of hydrogen-bond acceptors (Lipinski definition) is 4. The Hall–Kier alpha value is -1.14. The summed E-state index contributed by atoms with van der Waals surface area (Å²) < 4.78 is 5.08. The first-order valence-electron chi connectivity index (χ1n) is 8.40. The first-order chi connectivity index (χ1) is 10.6. The Morgan fingerprint density at radius 1 is 1.27 bits per heavy atom. The number of rotatable bonds is 6. The second-order valence-corrected chi connectivity index (χ2v) is 6.63. The summed E-state index contributed by atoms with van der Waals surface area (Å²) in [5, 5.41) is 3.02. The van der Waals surface area contributed by atoms with Crippen molar-refractivity contribution in [1.82, 2.24) is 10.2 Å². The number of nitrogens with zero attached hydrogens (tertiary/aromatic N) is 1. The standard InChI is InChI=1S/C16H29N3O3/c1-22-11-10-19-9-6-13(12-19)14(20)18-16(15(17)21)7-4-2-3-5-8-16/h13H,2-12H2,1H3,(H2,17,21)(H,18,20)/t13-/m0/s1. The molecule has 2 amide bonds. The Balaban J connectivity index is 1.93. The maximum absolute atomic E-state index is 12.6. The highest BCUT2D eigenvalue weighted by molar-refractivity contribution is 5.91. The lowest BCUT2D eigenvalue weighted by molar-refractivity contribution is -0.134. The van der Waals surface area contributed by atoms with Gasteiger partial charge in [0, 0.05) is 20.2 Å². The molecule has 0 aromatic heterocycles. The summed E-state index contributed by atoms with van der Waals surface area (Å²) in [5.41, 5.74) is 4.81. The zero-order chi connectivity index (χ0) is 16.0. The highest BCUT2D eigenvalue weighted by Crippen LogP contribution is 2.28. The lowest BCUT2D eigenvalue weighted by atomic mass is 9.88. The van der Waals surface area contributed by atoms with Crippen LogP contribution in [0.1, 0.15) is 44.9 Å². The molecule has 2 rings (SSSR count). The van der Waals surface area contributed by atoms with Crippen LogP contribution in [0.3, 0.4) is 0 Å². The number of likely N-dealkylation sites (tertiary alicyclic amines) is 1. The fourth-order valence-electron chi connectivity index (χ4n) is 3.57. The van der Waals surface area contributed by atoms with Crippen LogP contribution in [0.15, 0.2) is 0 Å². The van der Waals surface area contributed by atoms with Crippen molar-refractivity contribution in [3.8, 4) is 0 Å². The summed E-state index contributed by atoms with van der Waals surface area (Å²) >= 11 is 0. The quantitative estimate of drug-likeness (QED) is 0.705. The van der Waals surface area contributed by atoms with E-state index in [1.54, 1.807) is 7.11 Å². The monoisotopic (exact) mass is 311 g/mol. The SMILES string of the molecule is COCCN1CC[C@H](C(=O)NC2(C(N)=O)CCCCCC2)C1. The molecule has 1 saturated carbocycles. The maximum Gasteiger partial charge on any atom is 0.243 e. The van der Waals surface area contributed by atoms with Crippen LogP contribution in [0.4, 0.5) is 0 Å². The number of hydrogen-bond donors (Lipinski definition) is 2. The first-order valence-corrected chi connectivity index (χ1v) is 8.40. The minimum atomic E-state index is -0.826. The Bertz CT molecular complexity index is 392. The second-order valence-electron chi connectivity index (χ2n) is 6.63. The molecular formula is C16H29N3O3. The van der Waals surface area contributed by atoms with Gasteiger partial charge in [-0.05, 0) is 25.8 Å². The molecule has 0 aromatic rings. The van der Waals surface area contributed by atoms with E-state index in [0.29, 0.717) is 19.4 Å². The molecule has 1 saturated heterocycles. The van der Waals surface area contributed by atoms with Crippen LogP contribution in [0.2, 0.25) is 0 Å². The third kappa shape index (κ3) is 4.20. The molecule has 0 radical (unpaired) electrons. The first kappa shape index (κ1) is 17.2. The predicted octanol–water partition coefficient (Wildman–Crippen LogP) is 0.649. The van der Waals surface area contributed by atoms with Crippen LogP contribution < -0.4 is 11.1 Å². The Morgan fingerprint density at radius 2 is 1.95 bits per heavy atom. The molecule has 2 fully saturated rings. The summed E-state index contributed by atoms with van der Waals surface area (Å²) in [4.78, 5) is 26.8. The average Bonchev–Trinajstić information content (AvgIpc) is 2.84. The molecule has 6 nitrogen and oxygen atoms in total. The molecule has 0 aromatic carbocycles. The fourth-order valence-corrected chi connectivity index (χ4v) is 3.57. The Kier molecular flexibility index (Phi) is 6.20. The highest BCUT2D eigenvalue weighted by Gasteiger charge is 2.40. The molecule has 1 aliphatic heterocycles. The summed E-state index contributed by atoms with van der Waals surface area (Å²) in [6, 6.07) is 0. The number of nitrogens with one attached hydrogen (secondary N) is 1. The number of carbonyl (C=O) groups is 2. The van der Waals surface area contributed by atoms with Crippen molar-refractivity contribution in [3.63, 3.8) is 0 Å². The van der Waals surface area contributed by atoms with E-state index in [1.165, 1.54) is 0 Å². The Labute approximate surface area is 132 Å². The molecule has 0 bridgehead atoms. The molecule has 0 spiro atoms. The van der Waals surface area contributed by atoms with Gasteiger partial charge in [-0.15, -0.1) is 0 Å². The second kappa shape index (κ2) is 7.92. The zero-order valence-corrected chi connectivity index (χ0v) is 13.6. The summed E-state index contributed by atoms with van der Waals surface area (Å²) in [7, 11) is 1.68. The van der Waals surface area contributed by atoms with Gasteiger partial charge in [-0.3, -0.25) is 9.59 Å². The van der Waals surface area contributed by atoms with Crippen molar-refractivity contribution in [2.24, 2.45) is 11.7 Å². The molecule has 22 heavy (non-hydrogen) atoms. The van der Waals surface area contributed by atoms with Crippen molar-refractivity contribution in [3.05, 3.63) is 0 Å². The number of primary amides is 1. The fraction of sp³-hybridized carbons (Fsp3) is 0.875. The van der Waals surface area contributed by atoms with Gasteiger partial charge in [-0.25, -0.2) is 0 Å². The van der Waals surface area contributed by atoms with Crippen LogP contribution in [-0.4, -0.2) is 55.6 Å². The molecule has 0 unspecified atom stereocenters. The third-order valence-corrected chi connectivity index (χ3v) is 5.05. The number of carbonyl (C=O) groups excluding carboxylic acids is 2. The molecular weight excluding hydrogens is 282 g/mol. The summed E-state index contributed by atoms with van der Waals surface area (Å²) in [5.74, 6) is -0.436. The maximum atomic E-state index is 12.6. The van der Waals surface area contributed by atoms with Gasteiger partial charge < -0.3 is 20.7 Å². The van der Waals surface area contributed by atoms with E-state index in [-0.39, 0.29) is 17.7 Å². The van der Waals surface area contributed by atoms with Crippen molar-refractivity contribution < 1.29 is 14.3 Å².